The summed E-state index contributed by atoms with van der Waals surface area (Å²) in [7, 11) is 1.73. The van der Waals surface area contributed by atoms with Crippen LogP contribution in [0.25, 0.3) is 0 Å². The summed E-state index contributed by atoms with van der Waals surface area (Å²) in [5.41, 5.74) is -1.05. The van der Waals surface area contributed by atoms with Gasteiger partial charge in [0.1, 0.15) is 5.60 Å². The normalized spacial score (nSPS) is 19.4. The van der Waals surface area contributed by atoms with Gasteiger partial charge in [-0.25, -0.2) is 0 Å². The Kier molecular flexibility index (Phi) is 5.18. The Bertz CT molecular complexity index is 197. The molecule has 0 amide bonds. The van der Waals surface area contributed by atoms with Crippen molar-refractivity contribution in [2.24, 2.45) is 0 Å². The number of aliphatic hydroxyl groups is 1. The molecule has 14 heavy (non-hydrogen) atoms. The summed E-state index contributed by atoms with van der Waals surface area (Å²) in [4.78, 5) is 0. The molecule has 0 saturated carbocycles. The number of ether oxygens (including phenoxy) is 1. The molecule has 0 aliphatic heterocycles. The van der Waals surface area contributed by atoms with E-state index in [0.29, 0.717) is 6.42 Å². The first-order valence-corrected chi connectivity index (χ1v) is 5.14. The van der Waals surface area contributed by atoms with Gasteiger partial charge in [-0.15, -0.1) is 6.42 Å². The molecule has 0 unspecified atom stereocenters. The highest BCUT2D eigenvalue weighted by Gasteiger charge is 2.23. The van der Waals surface area contributed by atoms with E-state index in [0.717, 1.165) is 19.3 Å². The maximum absolute atomic E-state index is 9.59. The molecule has 0 radical (unpaired) electrons. The minimum atomic E-state index is -0.970. The summed E-state index contributed by atoms with van der Waals surface area (Å²) in [6, 6.07) is 0. The predicted molar refractivity (Wildman–Crippen MR) is 59.0 cm³/mol. The summed E-state index contributed by atoms with van der Waals surface area (Å²) >= 11 is 0. The van der Waals surface area contributed by atoms with Gasteiger partial charge in [0, 0.05) is 7.11 Å². The molecule has 0 spiro atoms. The third kappa shape index (κ3) is 4.64. The van der Waals surface area contributed by atoms with Crippen LogP contribution in [0.4, 0.5) is 0 Å². The molecule has 2 heteroatoms. The van der Waals surface area contributed by atoms with E-state index < -0.39 is 5.60 Å². The SMILES string of the molecule is C#C[C@](C)(O)CCC[C@@](C)(CC)OC. The van der Waals surface area contributed by atoms with Crippen molar-refractivity contribution >= 4 is 0 Å². The summed E-state index contributed by atoms with van der Waals surface area (Å²) in [5.74, 6) is 2.38. The Hall–Kier alpha value is -0.520. The lowest BCUT2D eigenvalue weighted by molar-refractivity contribution is -0.0102. The fourth-order valence-electron chi connectivity index (χ4n) is 1.30. The van der Waals surface area contributed by atoms with Gasteiger partial charge in [-0.2, -0.15) is 0 Å². The van der Waals surface area contributed by atoms with E-state index in [2.05, 4.69) is 19.8 Å². The summed E-state index contributed by atoms with van der Waals surface area (Å²) in [6.45, 7) is 5.85. The van der Waals surface area contributed by atoms with E-state index in [9.17, 15) is 5.11 Å². The molecule has 0 fully saturated rings. The van der Waals surface area contributed by atoms with Crippen molar-refractivity contribution in [2.75, 3.05) is 7.11 Å². The van der Waals surface area contributed by atoms with Crippen LogP contribution in [0.2, 0.25) is 0 Å². The molecule has 0 aliphatic rings. The number of hydrogen-bond acceptors (Lipinski definition) is 2. The molecule has 0 saturated heterocycles. The molecule has 0 aliphatic carbocycles. The van der Waals surface area contributed by atoms with Crippen molar-refractivity contribution in [3.8, 4) is 12.3 Å². The van der Waals surface area contributed by atoms with Crippen LogP contribution in [0, 0.1) is 12.3 Å². The van der Waals surface area contributed by atoms with Crippen molar-refractivity contribution in [1.29, 1.82) is 0 Å². The summed E-state index contributed by atoms with van der Waals surface area (Å²) in [5, 5.41) is 9.59. The van der Waals surface area contributed by atoms with Crippen LogP contribution >= 0.6 is 0 Å². The van der Waals surface area contributed by atoms with Crippen molar-refractivity contribution in [3.63, 3.8) is 0 Å². The number of hydrogen-bond donors (Lipinski definition) is 1. The van der Waals surface area contributed by atoms with Gasteiger partial charge >= 0.3 is 0 Å². The highest BCUT2D eigenvalue weighted by Crippen LogP contribution is 2.23. The minimum Gasteiger partial charge on any atom is -0.379 e. The monoisotopic (exact) mass is 198 g/mol. The van der Waals surface area contributed by atoms with Crippen LogP contribution in [0.3, 0.4) is 0 Å². The smallest absolute Gasteiger partial charge is 0.122 e. The highest BCUT2D eigenvalue weighted by atomic mass is 16.5. The molecule has 1 N–H and O–H groups in total. The number of terminal acetylenes is 1. The van der Waals surface area contributed by atoms with Gasteiger partial charge in [-0.05, 0) is 39.5 Å². The van der Waals surface area contributed by atoms with Gasteiger partial charge in [-0.1, -0.05) is 12.8 Å². The lowest BCUT2D eigenvalue weighted by Gasteiger charge is -2.27. The topological polar surface area (TPSA) is 29.5 Å². The van der Waals surface area contributed by atoms with Gasteiger partial charge in [0.25, 0.3) is 0 Å². The van der Waals surface area contributed by atoms with E-state index in [1.165, 1.54) is 0 Å². The van der Waals surface area contributed by atoms with Crippen LogP contribution in [-0.2, 0) is 4.74 Å². The maximum atomic E-state index is 9.59. The molecule has 2 atom stereocenters. The largest absolute Gasteiger partial charge is 0.379 e. The van der Waals surface area contributed by atoms with Crippen molar-refractivity contribution in [1.82, 2.24) is 0 Å². The van der Waals surface area contributed by atoms with Crippen LogP contribution < -0.4 is 0 Å². The molecule has 82 valence electrons. The molecule has 0 aromatic rings. The second-order valence-corrected chi connectivity index (χ2v) is 4.28. The van der Waals surface area contributed by atoms with Gasteiger partial charge in [-0.3, -0.25) is 0 Å². The van der Waals surface area contributed by atoms with Gasteiger partial charge in [0.2, 0.25) is 0 Å². The molecular weight excluding hydrogens is 176 g/mol. The van der Waals surface area contributed by atoms with E-state index in [4.69, 9.17) is 11.2 Å². The lowest BCUT2D eigenvalue weighted by atomic mass is 9.92. The minimum absolute atomic E-state index is 0.0787. The fraction of sp³-hybridized carbons (Fsp3) is 0.833. The van der Waals surface area contributed by atoms with Gasteiger partial charge in [0.15, 0.2) is 0 Å². The van der Waals surface area contributed by atoms with Crippen molar-refractivity contribution < 1.29 is 9.84 Å². The molecule has 0 heterocycles. The van der Waals surface area contributed by atoms with Crippen LogP contribution in [0.15, 0.2) is 0 Å². The number of rotatable bonds is 6. The first kappa shape index (κ1) is 13.5. The van der Waals surface area contributed by atoms with E-state index >= 15 is 0 Å². The third-order valence-electron chi connectivity index (χ3n) is 2.92. The second kappa shape index (κ2) is 5.38. The average molecular weight is 198 g/mol. The molecule has 0 bridgehead atoms. The maximum Gasteiger partial charge on any atom is 0.122 e. The molecular formula is C12H22O2. The van der Waals surface area contributed by atoms with Crippen molar-refractivity contribution in [3.05, 3.63) is 0 Å². The Balaban J connectivity index is 3.91. The molecule has 2 nitrogen and oxygen atoms in total. The zero-order chi connectivity index (χ0) is 11.2. The van der Waals surface area contributed by atoms with Crippen molar-refractivity contribution in [2.45, 2.75) is 57.7 Å². The molecule has 0 aromatic heterocycles. The van der Waals surface area contributed by atoms with Crippen LogP contribution in [0.1, 0.15) is 46.5 Å². The quantitative estimate of drug-likeness (QED) is 0.664. The Morgan fingerprint density at radius 3 is 2.29 bits per heavy atom. The summed E-state index contributed by atoms with van der Waals surface area (Å²) in [6.07, 6.45) is 8.60. The zero-order valence-electron chi connectivity index (χ0n) is 9.76. The first-order chi connectivity index (χ1) is 6.39. The third-order valence-corrected chi connectivity index (χ3v) is 2.92. The lowest BCUT2D eigenvalue weighted by Crippen LogP contribution is -2.28. The zero-order valence-corrected chi connectivity index (χ0v) is 9.76. The highest BCUT2D eigenvalue weighted by molar-refractivity contribution is 5.04. The van der Waals surface area contributed by atoms with Gasteiger partial charge in [0.05, 0.1) is 5.60 Å². The predicted octanol–water partition coefficient (Wildman–Crippen LogP) is 2.36. The standard InChI is InChI=1S/C12H22O2/c1-6-11(3,13)9-8-10-12(4,7-2)14-5/h1,13H,7-10H2,2-5H3/t11-,12+/m0/s1. The molecule has 0 aromatic carbocycles. The Morgan fingerprint density at radius 1 is 1.36 bits per heavy atom. The first-order valence-electron chi connectivity index (χ1n) is 5.14. The van der Waals surface area contributed by atoms with Crippen LogP contribution in [0.5, 0.6) is 0 Å². The Morgan fingerprint density at radius 2 is 1.93 bits per heavy atom. The van der Waals surface area contributed by atoms with E-state index in [1.54, 1.807) is 14.0 Å². The van der Waals surface area contributed by atoms with Gasteiger partial charge < -0.3 is 9.84 Å². The van der Waals surface area contributed by atoms with E-state index in [-0.39, 0.29) is 5.60 Å². The molecule has 0 rings (SSSR count). The Labute approximate surface area is 87.7 Å². The van der Waals surface area contributed by atoms with Crippen LogP contribution in [-0.4, -0.2) is 23.4 Å². The van der Waals surface area contributed by atoms with E-state index in [1.807, 2.05) is 0 Å². The average Bonchev–Trinajstić information content (AvgIpc) is 2.17. The fourth-order valence-corrected chi connectivity index (χ4v) is 1.30. The number of methoxy groups -OCH3 is 1. The second-order valence-electron chi connectivity index (χ2n) is 4.28. The summed E-state index contributed by atoms with van der Waals surface area (Å²) < 4.78 is 5.40.